The Morgan fingerprint density at radius 2 is 2.00 bits per heavy atom. The first-order valence-corrected chi connectivity index (χ1v) is 6.39. The second-order valence-electron chi connectivity index (χ2n) is 5.62. The molecule has 0 spiro atoms. The van der Waals surface area contributed by atoms with E-state index in [-0.39, 0.29) is 24.0 Å². The predicted octanol–water partition coefficient (Wildman–Crippen LogP) is 1.24. The van der Waals surface area contributed by atoms with E-state index in [4.69, 9.17) is 5.11 Å². The average Bonchev–Trinajstić information content (AvgIpc) is 2.22. The van der Waals surface area contributed by atoms with Gasteiger partial charge in [-0.3, -0.25) is 9.69 Å². The van der Waals surface area contributed by atoms with Crippen molar-refractivity contribution in [3.8, 4) is 0 Å². The molecule has 1 unspecified atom stereocenters. The van der Waals surface area contributed by atoms with Crippen LogP contribution in [0.25, 0.3) is 0 Å². The number of hydrogen-bond acceptors (Lipinski definition) is 3. The van der Waals surface area contributed by atoms with Gasteiger partial charge in [0.1, 0.15) is 0 Å². The third-order valence-electron chi connectivity index (χ3n) is 3.02. The molecule has 4 nitrogen and oxygen atoms in total. The molecule has 0 fully saturated rings. The zero-order valence-corrected chi connectivity index (χ0v) is 11.9. The van der Waals surface area contributed by atoms with Gasteiger partial charge < -0.3 is 10.4 Å². The smallest absolute Gasteiger partial charge is 0.237 e. The molecule has 0 heterocycles. The van der Waals surface area contributed by atoms with Crippen LogP contribution < -0.4 is 5.32 Å². The van der Waals surface area contributed by atoms with Crippen molar-refractivity contribution in [3.63, 3.8) is 0 Å². The normalized spacial score (nSPS) is 13.8. The number of hydrogen-bond donors (Lipinski definition) is 2. The van der Waals surface area contributed by atoms with Gasteiger partial charge in [0.2, 0.25) is 5.91 Å². The number of aliphatic hydroxyl groups excluding tert-OH is 1. The number of nitrogens with one attached hydrogen (secondary N) is 1. The number of aliphatic hydroxyl groups is 1. The molecule has 0 aromatic carbocycles. The molecule has 0 saturated heterocycles. The lowest BCUT2D eigenvalue weighted by Crippen LogP contribution is -2.46. The van der Waals surface area contributed by atoms with Crippen LogP contribution >= 0.6 is 0 Å². The number of carbonyl (C=O) groups excluding carboxylic acids is 1. The summed E-state index contributed by atoms with van der Waals surface area (Å²) in [5.41, 5.74) is -0.0481. The van der Waals surface area contributed by atoms with E-state index in [1.165, 1.54) is 0 Å². The summed E-state index contributed by atoms with van der Waals surface area (Å²) in [5, 5.41) is 11.9. The average molecular weight is 244 g/mol. The van der Waals surface area contributed by atoms with E-state index >= 15 is 0 Å². The SMILES string of the molecule is CCCC(C(=O)NCC(C)(C)CCO)N(C)C. The molecule has 4 heteroatoms. The van der Waals surface area contributed by atoms with Gasteiger partial charge in [-0.1, -0.05) is 27.2 Å². The van der Waals surface area contributed by atoms with Crippen molar-refractivity contribution < 1.29 is 9.90 Å². The Kier molecular flexibility index (Phi) is 7.39. The highest BCUT2D eigenvalue weighted by molar-refractivity contribution is 5.81. The van der Waals surface area contributed by atoms with Crippen molar-refractivity contribution in [2.45, 2.75) is 46.1 Å². The molecule has 0 bridgehead atoms. The van der Waals surface area contributed by atoms with Gasteiger partial charge in [0.05, 0.1) is 6.04 Å². The second kappa shape index (κ2) is 7.67. The minimum absolute atomic E-state index is 0.0481. The van der Waals surface area contributed by atoms with Crippen molar-refractivity contribution in [1.82, 2.24) is 10.2 Å². The topological polar surface area (TPSA) is 52.6 Å². The summed E-state index contributed by atoms with van der Waals surface area (Å²) in [4.78, 5) is 14.0. The van der Waals surface area contributed by atoms with Crippen LogP contribution in [0.2, 0.25) is 0 Å². The van der Waals surface area contributed by atoms with Crippen molar-refractivity contribution >= 4 is 5.91 Å². The van der Waals surface area contributed by atoms with E-state index in [2.05, 4.69) is 12.2 Å². The predicted molar refractivity (Wildman–Crippen MR) is 70.9 cm³/mol. The van der Waals surface area contributed by atoms with Crippen LogP contribution in [0.15, 0.2) is 0 Å². The van der Waals surface area contributed by atoms with Gasteiger partial charge in [-0.15, -0.1) is 0 Å². The molecule has 0 aromatic heterocycles. The van der Waals surface area contributed by atoms with Gasteiger partial charge in [-0.25, -0.2) is 0 Å². The number of amides is 1. The van der Waals surface area contributed by atoms with Gasteiger partial charge in [0, 0.05) is 13.2 Å². The Labute approximate surface area is 105 Å². The summed E-state index contributed by atoms with van der Waals surface area (Å²) in [7, 11) is 3.86. The highest BCUT2D eigenvalue weighted by atomic mass is 16.3. The van der Waals surface area contributed by atoms with E-state index in [1.807, 2.05) is 32.8 Å². The maximum Gasteiger partial charge on any atom is 0.237 e. The molecular formula is C13H28N2O2. The minimum atomic E-state index is -0.0510. The standard InChI is InChI=1S/C13H28N2O2/c1-6-7-11(15(4)5)12(17)14-10-13(2,3)8-9-16/h11,16H,6-10H2,1-5H3,(H,14,17). The zero-order chi connectivity index (χ0) is 13.5. The number of carbonyl (C=O) groups is 1. The maximum atomic E-state index is 12.0. The summed E-state index contributed by atoms with van der Waals surface area (Å²) in [6, 6.07) is -0.0510. The summed E-state index contributed by atoms with van der Waals surface area (Å²) < 4.78 is 0. The summed E-state index contributed by atoms with van der Waals surface area (Å²) >= 11 is 0. The lowest BCUT2D eigenvalue weighted by molar-refractivity contribution is -0.126. The first kappa shape index (κ1) is 16.4. The van der Waals surface area contributed by atoms with E-state index in [0.717, 1.165) is 12.8 Å². The number of likely N-dealkylation sites (N-methyl/N-ethyl adjacent to an activating group) is 1. The molecule has 1 atom stereocenters. The highest BCUT2D eigenvalue weighted by Gasteiger charge is 2.23. The van der Waals surface area contributed by atoms with Gasteiger partial charge in [0.25, 0.3) is 0 Å². The van der Waals surface area contributed by atoms with Gasteiger partial charge in [-0.2, -0.15) is 0 Å². The van der Waals surface area contributed by atoms with Crippen LogP contribution in [0.1, 0.15) is 40.0 Å². The molecule has 0 saturated carbocycles. The largest absolute Gasteiger partial charge is 0.396 e. The van der Waals surface area contributed by atoms with E-state index in [1.54, 1.807) is 0 Å². The molecule has 2 N–H and O–H groups in total. The van der Waals surface area contributed by atoms with Crippen molar-refractivity contribution in [2.75, 3.05) is 27.2 Å². The van der Waals surface area contributed by atoms with Gasteiger partial charge in [-0.05, 0) is 32.4 Å². The first-order valence-electron chi connectivity index (χ1n) is 6.39. The zero-order valence-electron chi connectivity index (χ0n) is 11.9. The summed E-state index contributed by atoms with van der Waals surface area (Å²) in [6.45, 7) is 6.96. The van der Waals surface area contributed by atoms with Crippen molar-refractivity contribution in [2.24, 2.45) is 5.41 Å². The fraction of sp³-hybridized carbons (Fsp3) is 0.923. The van der Waals surface area contributed by atoms with Crippen LogP contribution in [-0.2, 0) is 4.79 Å². The molecule has 0 aliphatic carbocycles. The minimum Gasteiger partial charge on any atom is -0.396 e. The summed E-state index contributed by atoms with van der Waals surface area (Å²) in [6.07, 6.45) is 2.57. The van der Waals surface area contributed by atoms with E-state index in [9.17, 15) is 4.79 Å². The lowest BCUT2D eigenvalue weighted by atomic mass is 9.89. The number of nitrogens with zero attached hydrogens (tertiary/aromatic N) is 1. The molecule has 17 heavy (non-hydrogen) atoms. The van der Waals surface area contributed by atoms with Crippen molar-refractivity contribution in [1.29, 1.82) is 0 Å². The highest BCUT2D eigenvalue weighted by Crippen LogP contribution is 2.18. The quantitative estimate of drug-likeness (QED) is 0.675. The van der Waals surface area contributed by atoms with Crippen LogP contribution in [0.3, 0.4) is 0 Å². The Balaban J connectivity index is 4.22. The second-order valence-corrected chi connectivity index (χ2v) is 5.62. The van der Waals surface area contributed by atoms with Crippen LogP contribution in [0.5, 0.6) is 0 Å². The monoisotopic (exact) mass is 244 g/mol. The molecule has 0 aromatic rings. The Hall–Kier alpha value is -0.610. The molecule has 0 rings (SSSR count). The molecule has 0 radical (unpaired) electrons. The molecule has 102 valence electrons. The fourth-order valence-corrected chi connectivity index (χ4v) is 1.73. The number of rotatable bonds is 8. The lowest BCUT2D eigenvalue weighted by Gasteiger charge is -2.27. The van der Waals surface area contributed by atoms with Gasteiger partial charge >= 0.3 is 0 Å². The Morgan fingerprint density at radius 3 is 2.41 bits per heavy atom. The fourth-order valence-electron chi connectivity index (χ4n) is 1.73. The first-order chi connectivity index (χ1) is 7.84. The van der Waals surface area contributed by atoms with E-state index < -0.39 is 0 Å². The molecular weight excluding hydrogens is 216 g/mol. The molecule has 0 aliphatic heterocycles. The van der Waals surface area contributed by atoms with E-state index in [0.29, 0.717) is 13.0 Å². The maximum absolute atomic E-state index is 12.0. The third-order valence-corrected chi connectivity index (χ3v) is 3.02. The Bertz CT molecular complexity index is 227. The van der Waals surface area contributed by atoms with Crippen LogP contribution in [0.4, 0.5) is 0 Å². The van der Waals surface area contributed by atoms with Crippen LogP contribution in [-0.4, -0.2) is 49.2 Å². The third kappa shape index (κ3) is 6.64. The van der Waals surface area contributed by atoms with Crippen LogP contribution in [0, 0.1) is 5.41 Å². The summed E-state index contributed by atoms with van der Waals surface area (Å²) in [5.74, 6) is 0.0860. The van der Waals surface area contributed by atoms with Gasteiger partial charge in [0.15, 0.2) is 0 Å². The Morgan fingerprint density at radius 1 is 1.41 bits per heavy atom. The molecule has 1 amide bonds. The molecule has 0 aliphatic rings. The van der Waals surface area contributed by atoms with Crippen molar-refractivity contribution in [3.05, 3.63) is 0 Å².